The molecule has 5 heteroatoms. The monoisotopic (exact) mass is 261 g/mol. The summed E-state index contributed by atoms with van der Waals surface area (Å²) < 4.78 is 0. The lowest BCUT2D eigenvalue weighted by Gasteiger charge is -2.14. The molecule has 0 radical (unpaired) electrons. The first-order valence-electron chi connectivity index (χ1n) is 5.59. The number of aromatic nitrogens is 1. The van der Waals surface area contributed by atoms with Crippen molar-refractivity contribution in [3.05, 3.63) is 35.9 Å². The van der Waals surface area contributed by atoms with Crippen LogP contribution in [0.25, 0.3) is 10.9 Å². The van der Waals surface area contributed by atoms with E-state index < -0.39 is 11.9 Å². The van der Waals surface area contributed by atoms with Crippen molar-refractivity contribution in [2.24, 2.45) is 11.5 Å². The molecular formula is C13H15N3OS. The smallest absolute Gasteiger partial charge is 0.219 e. The molecule has 1 unspecified atom stereocenters. The number of primary amides is 1. The van der Waals surface area contributed by atoms with Crippen LogP contribution in [0.4, 0.5) is 0 Å². The molecule has 0 aliphatic rings. The van der Waals surface area contributed by atoms with Crippen LogP contribution in [0.5, 0.6) is 0 Å². The standard InChI is InChI=1S/C13H15N3OS/c1-18-13-9(10(14)7-12(15)17)6-8-4-2-3-5-11(8)16-13/h2-6,10H,7,14H2,1H3,(H2,15,17). The van der Waals surface area contributed by atoms with Gasteiger partial charge in [0.2, 0.25) is 5.91 Å². The Morgan fingerprint density at radius 1 is 1.44 bits per heavy atom. The fraction of sp³-hybridized carbons (Fsp3) is 0.231. The minimum absolute atomic E-state index is 0.133. The van der Waals surface area contributed by atoms with Gasteiger partial charge in [-0.15, -0.1) is 11.8 Å². The van der Waals surface area contributed by atoms with Gasteiger partial charge < -0.3 is 11.5 Å². The Morgan fingerprint density at radius 3 is 2.83 bits per heavy atom. The zero-order valence-electron chi connectivity index (χ0n) is 10.1. The first-order valence-corrected chi connectivity index (χ1v) is 6.82. The number of thioether (sulfide) groups is 1. The van der Waals surface area contributed by atoms with E-state index in [1.807, 2.05) is 36.6 Å². The fourth-order valence-electron chi connectivity index (χ4n) is 1.87. The van der Waals surface area contributed by atoms with Crippen molar-refractivity contribution in [3.8, 4) is 0 Å². The second-order valence-electron chi connectivity index (χ2n) is 4.06. The molecule has 94 valence electrons. The summed E-state index contributed by atoms with van der Waals surface area (Å²) in [5.74, 6) is -0.400. The summed E-state index contributed by atoms with van der Waals surface area (Å²) in [5.41, 5.74) is 13.0. The minimum atomic E-state index is -0.401. The van der Waals surface area contributed by atoms with Crippen LogP contribution in [0, 0.1) is 0 Å². The number of pyridine rings is 1. The third-order valence-electron chi connectivity index (χ3n) is 2.73. The average Bonchev–Trinajstić information content (AvgIpc) is 2.36. The summed E-state index contributed by atoms with van der Waals surface area (Å²) in [6, 6.07) is 9.42. The zero-order valence-corrected chi connectivity index (χ0v) is 10.9. The molecule has 2 rings (SSSR count). The first kappa shape index (κ1) is 12.9. The molecule has 1 aromatic carbocycles. The van der Waals surface area contributed by atoms with E-state index >= 15 is 0 Å². The van der Waals surface area contributed by atoms with Crippen LogP contribution in [-0.4, -0.2) is 17.1 Å². The lowest BCUT2D eigenvalue weighted by molar-refractivity contribution is -0.118. The van der Waals surface area contributed by atoms with Crippen molar-refractivity contribution in [1.82, 2.24) is 4.98 Å². The highest BCUT2D eigenvalue weighted by atomic mass is 32.2. The number of nitrogens with zero attached hydrogens (tertiary/aromatic N) is 1. The van der Waals surface area contributed by atoms with E-state index in [-0.39, 0.29) is 6.42 Å². The highest BCUT2D eigenvalue weighted by Gasteiger charge is 2.15. The van der Waals surface area contributed by atoms with E-state index in [4.69, 9.17) is 11.5 Å². The number of rotatable bonds is 4. The molecule has 0 fully saturated rings. The van der Waals surface area contributed by atoms with E-state index in [9.17, 15) is 4.79 Å². The van der Waals surface area contributed by atoms with E-state index in [0.29, 0.717) is 0 Å². The Balaban J connectivity index is 2.50. The van der Waals surface area contributed by atoms with E-state index in [0.717, 1.165) is 21.5 Å². The van der Waals surface area contributed by atoms with Crippen molar-refractivity contribution >= 4 is 28.6 Å². The molecule has 1 atom stereocenters. The zero-order chi connectivity index (χ0) is 13.1. The molecule has 2 aromatic rings. The van der Waals surface area contributed by atoms with Gasteiger partial charge >= 0.3 is 0 Å². The van der Waals surface area contributed by atoms with Crippen LogP contribution in [0.15, 0.2) is 35.4 Å². The number of carbonyl (C=O) groups is 1. The van der Waals surface area contributed by atoms with Gasteiger partial charge in [-0.05, 0) is 18.4 Å². The van der Waals surface area contributed by atoms with Crippen molar-refractivity contribution in [1.29, 1.82) is 0 Å². The number of benzene rings is 1. The van der Waals surface area contributed by atoms with Gasteiger partial charge in [0.15, 0.2) is 0 Å². The van der Waals surface area contributed by atoms with Crippen LogP contribution >= 0.6 is 11.8 Å². The van der Waals surface area contributed by atoms with Crippen molar-refractivity contribution < 1.29 is 4.79 Å². The summed E-state index contributed by atoms with van der Waals surface area (Å²) >= 11 is 1.52. The number of para-hydroxylation sites is 1. The van der Waals surface area contributed by atoms with Crippen molar-refractivity contribution in [3.63, 3.8) is 0 Å². The van der Waals surface area contributed by atoms with Gasteiger partial charge in [0, 0.05) is 23.4 Å². The molecule has 4 nitrogen and oxygen atoms in total. The molecule has 0 aliphatic heterocycles. The summed E-state index contributed by atoms with van der Waals surface area (Å²) in [6.45, 7) is 0. The Kier molecular flexibility index (Phi) is 3.84. The van der Waals surface area contributed by atoms with E-state index in [1.165, 1.54) is 11.8 Å². The number of fused-ring (bicyclic) bond motifs is 1. The Morgan fingerprint density at radius 2 is 2.17 bits per heavy atom. The molecule has 1 amide bonds. The second kappa shape index (κ2) is 5.37. The molecule has 1 aromatic heterocycles. The maximum atomic E-state index is 11.0. The SMILES string of the molecule is CSc1nc2ccccc2cc1C(N)CC(N)=O. The van der Waals surface area contributed by atoms with Crippen LogP contribution in [0.1, 0.15) is 18.0 Å². The van der Waals surface area contributed by atoms with Gasteiger partial charge in [-0.3, -0.25) is 4.79 Å². The van der Waals surface area contributed by atoms with Crippen LogP contribution < -0.4 is 11.5 Å². The van der Waals surface area contributed by atoms with Crippen molar-refractivity contribution in [2.75, 3.05) is 6.26 Å². The molecule has 0 saturated heterocycles. The van der Waals surface area contributed by atoms with Crippen LogP contribution in [-0.2, 0) is 4.79 Å². The van der Waals surface area contributed by atoms with Gasteiger partial charge in [-0.25, -0.2) is 4.98 Å². The quantitative estimate of drug-likeness (QED) is 0.823. The first-order chi connectivity index (χ1) is 8.61. The number of carbonyl (C=O) groups excluding carboxylic acids is 1. The van der Waals surface area contributed by atoms with Gasteiger partial charge in [-0.1, -0.05) is 18.2 Å². The Hall–Kier alpha value is -1.59. The van der Waals surface area contributed by atoms with Crippen molar-refractivity contribution in [2.45, 2.75) is 17.5 Å². The summed E-state index contributed by atoms with van der Waals surface area (Å²) in [5, 5.41) is 1.87. The molecule has 1 heterocycles. The summed E-state index contributed by atoms with van der Waals surface area (Å²) in [6.07, 6.45) is 2.07. The maximum absolute atomic E-state index is 11.0. The molecule has 0 spiro atoms. The highest BCUT2D eigenvalue weighted by Crippen LogP contribution is 2.28. The molecule has 18 heavy (non-hydrogen) atoms. The van der Waals surface area contributed by atoms with E-state index in [2.05, 4.69) is 4.98 Å². The molecule has 4 N–H and O–H groups in total. The van der Waals surface area contributed by atoms with Gasteiger partial charge in [0.1, 0.15) is 5.03 Å². The number of hydrogen-bond acceptors (Lipinski definition) is 4. The van der Waals surface area contributed by atoms with Crippen LogP contribution in [0.3, 0.4) is 0 Å². The largest absolute Gasteiger partial charge is 0.370 e. The van der Waals surface area contributed by atoms with Gasteiger partial charge in [0.05, 0.1) is 5.52 Å². The fourth-order valence-corrected chi connectivity index (χ4v) is 2.51. The predicted octanol–water partition coefficient (Wildman–Crippen LogP) is 1.83. The average molecular weight is 261 g/mol. The Labute approximate surface area is 110 Å². The molecular weight excluding hydrogens is 246 g/mol. The van der Waals surface area contributed by atoms with Gasteiger partial charge in [-0.2, -0.15) is 0 Å². The lowest BCUT2D eigenvalue weighted by Crippen LogP contribution is -2.21. The molecule has 0 bridgehead atoms. The third kappa shape index (κ3) is 2.63. The van der Waals surface area contributed by atoms with Gasteiger partial charge in [0.25, 0.3) is 0 Å². The molecule has 0 saturated carbocycles. The number of amides is 1. The second-order valence-corrected chi connectivity index (χ2v) is 4.85. The molecule has 0 aliphatic carbocycles. The third-order valence-corrected chi connectivity index (χ3v) is 3.44. The normalized spacial score (nSPS) is 12.6. The number of nitrogens with two attached hydrogens (primary N) is 2. The number of hydrogen-bond donors (Lipinski definition) is 2. The highest BCUT2D eigenvalue weighted by molar-refractivity contribution is 7.98. The Bertz CT molecular complexity index is 585. The predicted molar refractivity (Wildman–Crippen MR) is 74.3 cm³/mol. The lowest BCUT2D eigenvalue weighted by atomic mass is 10.0. The topological polar surface area (TPSA) is 82.0 Å². The minimum Gasteiger partial charge on any atom is -0.370 e. The maximum Gasteiger partial charge on any atom is 0.219 e. The van der Waals surface area contributed by atoms with E-state index in [1.54, 1.807) is 0 Å². The summed E-state index contributed by atoms with van der Waals surface area (Å²) in [4.78, 5) is 15.5. The summed E-state index contributed by atoms with van der Waals surface area (Å²) in [7, 11) is 0. The van der Waals surface area contributed by atoms with Crippen LogP contribution in [0.2, 0.25) is 0 Å².